The molecule has 3 aromatic rings. The molecule has 1 unspecified atom stereocenters. The van der Waals surface area contributed by atoms with E-state index in [1.165, 1.54) is 11.3 Å². The van der Waals surface area contributed by atoms with Crippen molar-refractivity contribution in [3.63, 3.8) is 0 Å². The van der Waals surface area contributed by atoms with Gasteiger partial charge in [0.2, 0.25) is 15.7 Å². The van der Waals surface area contributed by atoms with E-state index < -0.39 is 9.84 Å². The van der Waals surface area contributed by atoms with E-state index in [4.69, 9.17) is 9.47 Å². The fourth-order valence-corrected chi connectivity index (χ4v) is 6.56. The average Bonchev–Trinajstić information content (AvgIpc) is 3.22. The summed E-state index contributed by atoms with van der Waals surface area (Å²) in [7, 11) is -2.16. The Hall–Kier alpha value is -2.84. The van der Waals surface area contributed by atoms with Crippen molar-refractivity contribution in [1.82, 2.24) is 0 Å². The minimum Gasteiger partial charge on any atom is -0.493 e. The predicted molar refractivity (Wildman–Crippen MR) is 120 cm³/mol. The number of carbonyl (C=O) groups is 1. The molecule has 0 spiro atoms. The molecule has 1 amide bonds. The maximum Gasteiger partial charge on any atom is 0.225 e. The minimum atomic E-state index is -3.75. The number of benzene rings is 2. The molecule has 162 valence electrons. The van der Waals surface area contributed by atoms with E-state index in [2.05, 4.69) is 5.32 Å². The lowest BCUT2D eigenvalue weighted by Gasteiger charge is -2.24. The zero-order valence-electron chi connectivity index (χ0n) is 17.3. The van der Waals surface area contributed by atoms with Crippen molar-refractivity contribution in [1.29, 1.82) is 0 Å². The highest BCUT2D eigenvalue weighted by atomic mass is 32.2. The molecule has 1 aliphatic heterocycles. The van der Waals surface area contributed by atoms with Gasteiger partial charge in [-0.3, -0.25) is 4.79 Å². The van der Waals surface area contributed by atoms with Crippen molar-refractivity contribution in [3.8, 4) is 11.5 Å². The molecule has 0 radical (unpaired) electrons. The minimum absolute atomic E-state index is 0.132. The van der Waals surface area contributed by atoms with E-state index in [1.807, 2.05) is 25.1 Å². The summed E-state index contributed by atoms with van der Waals surface area (Å²) in [6, 6.07) is 13.8. The topological polar surface area (TPSA) is 81.7 Å². The van der Waals surface area contributed by atoms with Gasteiger partial charge >= 0.3 is 0 Å². The van der Waals surface area contributed by atoms with Crippen LogP contribution in [0.1, 0.15) is 36.1 Å². The number of carbonyl (C=O) groups excluding carboxylic acids is 1. The van der Waals surface area contributed by atoms with Crippen LogP contribution >= 0.6 is 11.3 Å². The normalized spacial score (nSPS) is 15.8. The molecule has 0 aliphatic carbocycles. The Labute approximate surface area is 185 Å². The van der Waals surface area contributed by atoms with Gasteiger partial charge in [0.05, 0.1) is 24.3 Å². The van der Waals surface area contributed by atoms with Gasteiger partial charge < -0.3 is 14.8 Å². The molecule has 2 aromatic carbocycles. The van der Waals surface area contributed by atoms with Crippen LogP contribution in [0.15, 0.2) is 63.7 Å². The number of hydrogen-bond acceptors (Lipinski definition) is 6. The van der Waals surface area contributed by atoms with Crippen LogP contribution in [0.5, 0.6) is 11.5 Å². The largest absolute Gasteiger partial charge is 0.493 e. The van der Waals surface area contributed by atoms with Gasteiger partial charge in [0.25, 0.3) is 0 Å². The summed E-state index contributed by atoms with van der Waals surface area (Å²) >= 11 is 1.35. The monoisotopic (exact) mass is 457 g/mol. The average molecular weight is 458 g/mol. The molecular weight excluding hydrogens is 434 g/mol. The summed E-state index contributed by atoms with van der Waals surface area (Å²) < 4.78 is 37.6. The maximum atomic E-state index is 13.2. The van der Waals surface area contributed by atoms with Crippen molar-refractivity contribution in [2.75, 3.05) is 19.0 Å². The molecule has 0 saturated heterocycles. The van der Waals surface area contributed by atoms with Gasteiger partial charge in [-0.2, -0.15) is 0 Å². The second-order valence-corrected chi connectivity index (χ2v) is 10.0. The van der Waals surface area contributed by atoms with E-state index in [0.717, 1.165) is 16.9 Å². The number of sulfone groups is 1. The molecular formula is C23H23NO5S2. The highest BCUT2D eigenvalue weighted by molar-refractivity contribution is 7.91. The third kappa shape index (κ3) is 4.05. The maximum absolute atomic E-state index is 13.2. The predicted octanol–water partition coefficient (Wildman–Crippen LogP) is 4.85. The first-order valence-corrected chi connectivity index (χ1v) is 12.3. The second-order valence-electron chi connectivity index (χ2n) is 7.22. The lowest BCUT2D eigenvalue weighted by atomic mass is 9.90. The Morgan fingerprint density at radius 3 is 2.61 bits per heavy atom. The van der Waals surface area contributed by atoms with Gasteiger partial charge in [0.15, 0.2) is 11.5 Å². The molecule has 4 rings (SSSR count). The van der Waals surface area contributed by atoms with Crippen molar-refractivity contribution in [2.24, 2.45) is 0 Å². The first-order chi connectivity index (χ1) is 15.0. The van der Waals surface area contributed by atoms with Gasteiger partial charge in [0.1, 0.15) is 4.90 Å². The van der Waals surface area contributed by atoms with Crippen molar-refractivity contribution in [3.05, 3.63) is 64.4 Å². The van der Waals surface area contributed by atoms with Crippen LogP contribution in [-0.4, -0.2) is 28.0 Å². The Balaban J connectivity index is 1.77. The van der Waals surface area contributed by atoms with E-state index in [0.29, 0.717) is 23.8 Å². The molecule has 31 heavy (non-hydrogen) atoms. The van der Waals surface area contributed by atoms with E-state index in [9.17, 15) is 13.2 Å². The highest BCUT2D eigenvalue weighted by Gasteiger charge is 2.34. The Morgan fingerprint density at radius 2 is 1.90 bits per heavy atom. The van der Waals surface area contributed by atoms with E-state index in [-0.39, 0.29) is 28.0 Å². The molecule has 1 atom stereocenters. The summed E-state index contributed by atoms with van der Waals surface area (Å²) in [6.07, 6.45) is 1.09. The third-order valence-corrected chi connectivity index (χ3v) is 8.19. The number of methoxy groups -OCH3 is 1. The van der Waals surface area contributed by atoms with Crippen LogP contribution in [0.3, 0.4) is 0 Å². The van der Waals surface area contributed by atoms with Gasteiger partial charge in [-0.05, 0) is 36.2 Å². The van der Waals surface area contributed by atoms with Gasteiger partial charge in [0, 0.05) is 22.6 Å². The van der Waals surface area contributed by atoms with Crippen LogP contribution in [-0.2, 0) is 14.6 Å². The number of fused-ring (bicyclic) bond motifs is 1. The SMILES string of the molecule is CCCOc1cc(C2CC(=O)Nc3c(S(=O)(=O)c4ccccc4)csc32)ccc1OC. The third-order valence-electron chi connectivity index (χ3n) is 5.15. The second kappa shape index (κ2) is 8.72. The lowest BCUT2D eigenvalue weighted by molar-refractivity contribution is -0.116. The Bertz CT molecular complexity index is 1200. The fourth-order valence-electron chi connectivity index (χ4n) is 3.63. The van der Waals surface area contributed by atoms with Crippen molar-refractivity contribution in [2.45, 2.75) is 35.5 Å². The molecule has 1 N–H and O–H groups in total. The molecule has 2 heterocycles. The van der Waals surface area contributed by atoms with Crippen LogP contribution < -0.4 is 14.8 Å². The van der Waals surface area contributed by atoms with E-state index >= 15 is 0 Å². The quantitative estimate of drug-likeness (QED) is 0.548. The Kier molecular flexibility index (Phi) is 6.02. The summed E-state index contributed by atoms with van der Waals surface area (Å²) in [5.74, 6) is 0.759. The van der Waals surface area contributed by atoms with Gasteiger partial charge in [-0.25, -0.2) is 8.42 Å². The number of hydrogen-bond donors (Lipinski definition) is 1. The molecule has 1 aliphatic rings. The Morgan fingerprint density at radius 1 is 1.13 bits per heavy atom. The first-order valence-electron chi connectivity index (χ1n) is 9.97. The molecule has 1 aromatic heterocycles. The summed E-state index contributed by atoms with van der Waals surface area (Å²) in [6.45, 7) is 2.57. The number of amides is 1. The number of ether oxygens (including phenoxy) is 2. The first kappa shape index (κ1) is 21.4. The molecule has 0 saturated carbocycles. The zero-order valence-corrected chi connectivity index (χ0v) is 18.9. The van der Waals surface area contributed by atoms with Crippen LogP contribution in [0.4, 0.5) is 5.69 Å². The summed E-state index contributed by atoms with van der Waals surface area (Å²) in [5.41, 5.74) is 1.26. The summed E-state index contributed by atoms with van der Waals surface area (Å²) in [4.78, 5) is 13.7. The molecule has 8 heteroatoms. The molecule has 0 bridgehead atoms. The van der Waals surface area contributed by atoms with Crippen molar-refractivity contribution < 1.29 is 22.7 Å². The molecule has 0 fully saturated rings. The highest BCUT2D eigenvalue weighted by Crippen LogP contribution is 2.47. The van der Waals surface area contributed by atoms with Gasteiger partial charge in [-0.1, -0.05) is 31.2 Å². The molecule has 6 nitrogen and oxygen atoms in total. The number of rotatable bonds is 7. The smallest absolute Gasteiger partial charge is 0.225 e. The van der Waals surface area contributed by atoms with E-state index in [1.54, 1.807) is 42.8 Å². The van der Waals surface area contributed by atoms with Crippen LogP contribution in [0, 0.1) is 0 Å². The van der Waals surface area contributed by atoms with Crippen molar-refractivity contribution >= 4 is 32.8 Å². The van der Waals surface area contributed by atoms with Crippen LogP contribution in [0.2, 0.25) is 0 Å². The number of nitrogens with one attached hydrogen (secondary N) is 1. The zero-order chi connectivity index (χ0) is 22.0. The van der Waals surface area contributed by atoms with Gasteiger partial charge in [-0.15, -0.1) is 11.3 Å². The lowest BCUT2D eigenvalue weighted by Crippen LogP contribution is -2.23. The standard InChI is InChI=1S/C23H23NO5S2/c1-3-11-29-19-12-15(9-10-18(19)28-2)17-13-21(25)24-22-20(14-30-23(17)22)31(26,27)16-7-5-4-6-8-16/h4-10,12,14,17H,3,11,13H2,1-2H3,(H,24,25). The summed E-state index contributed by atoms with van der Waals surface area (Å²) in [5, 5.41) is 4.41. The van der Waals surface area contributed by atoms with Crippen LogP contribution in [0.25, 0.3) is 0 Å². The number of thiophene rings is 1. The number of anilines is 1. The fraction of sp³-hybridized carbons (Fsp3) is 0.261.